The summed E-state index contributed by atoms with van der Waals surface area (Å²) in [6.07, 6.45) is 1.05. The lowest BCUT2D eigenvalue weighted by molar-refractivity contribution is -0.141. The van der Waals surface area contributed by atoms with Gasteiger partial charge in [-0.15, -0.1) is 0 Å². The molecule has 0 spiro atoms. The minimum Gasteiger partial charge on any atom is -0.410 e. The van der Waals surface area contributed by atoms with Crippen LogP contribution in [0.5, 0.6) is 5.75 Å². The number of nitrogens with zero attached hydrogens (tertiary/aromatic N) is 2. The maximum atomic E-state index is 12.5. The van der Waals surface area contributed by atoms with Gasteiger partial charge in [0, 0.05) is 32.1 Å². The van der Waals surface area contributed by atoms with E-state index in [1.165, 1.54) is 0 Å². The van der Waals surface area contributed by atoms with E-state index >= 15 is 0 Å². The molecule has 0 unspecified atom stereocenters. The molecule has 2 aliphatic rings. The van der Waals surface area contributed by atoms with Gasteiger partial charge in [-0.05, 0) is 25.0 Å². The molecule has 1 aromatic carbocycles. The summed E-state index contributed by atoms with van der Waals surface area (Å²) in [6.45, 7) is 3.71. The Bertz CT molecular complexity index is 535. The van der Waals surface area contributed by atoms with Gasteiger partial charge in [-0.25, -0.2) is 4.79 Å². The number of ether oxygens (including phenoxy) is 2. The maximum absolute atomic E-state index is 12.5. The van der Waals surface area contributed by atoms with Crippen LogP contribution in [0, 0.1) is 5.92 Å². The SMILES string of the molecule is O=C(Oc1ccccc1)N1CCC(C(=O)N2CCOCC2)CC1. The molecule has 0 aromatic heterocycles. The fourth-order valence-corrected chi connectivity index (χ4v) is 3.00. The molecule has 2 amide bonds. The molecule has 0 saturated carbocycles. The van der Waals surface area contributed by atoms with Crippen LogP contribution in [0.2, 0.25) is 0 Å². The van der Waals surface area contributed by atoms with Crippen LogP contribution < -0.4 is 4.74 Å². The van der Waals surface area contributed by atoms with Gasteiger partial charge in [0.05, 0.1) is 13.2 Å². The van der Waals surface area contributed by atoms with Crippen molar-refractivity contribution in [2.75, 3.05) is 39.4 Å². The number of carbonyl (C=O) groups is 2. The molecule has 2 saturated heterocycles. The molecule has 3 rings (SSSR count). The molecule has 0 radical (unpaired) electrons. The van der Waals surface area contributed by atoms with Crippen LogP contribution in [0.15, 0.2) is 30.3 Å². The van der Waals surface area contributed by atoms with Crippen LogP contribution in [-0.4, -0.2) is 61.2 Å². The first-order valence-electron chi connectivity index (χ1n) is 8.12. The van der Waals surface area contributed by atoms with Crippen molar-refractivity contribution in [3.63, 3.8) is 0 Å². The zero-order chi connectivity index (χ0) is 16.1. The van der Waals surface area contributed by atoms with E-state index in [0.29, 0.717) is 58.0 Å². The van der Waals surface area contributed by atoms with Crippen molar-refractivity contribution in [1.82, 2.24) is 9.80 Å². The molecule has 23 heavy (non-hydrogen) atoms. The molecule has 124 valence electrons. The number of rotatable bonds is 2. The maximum Gasteiger partial charge on any atom is 0.415 e. The zero-order valence-electron chi connectivity index (χ0n) is 13.1. The van der Waals surface area contributed by atoms with Gasteiger partial charge < -0.3 is 19.3 Å². The smallest absolute Gasteiger partial charge is 0.410 e. The van der Waals surface area contributed by atoms with Crippen molar-refractivity contribution in [3.8, 4) is 5.75 Å². The van der Waals surface area contributed by atoms with Gasteiger partial charge in [-0.2, -0.15) is 0 Å². The minimum absolute atomic E-state index is 0.00822. The molecular weight excluding hydrogens is 296 g/mol. The lowest BCUT2D eigenvalue weighted by atomic mass is 9.95. The highest BCUT2D eigenvalue weighted by Crippen LogP contribution is 2.21. The van der Waals surface area contributed by atoms with E-state index in [-0.39, 0.29) is 17.9 Å². The normalized spacial score (nSPS) is 19.5. The average Bonchev–Trinajstić information content (AvgIpc) is 2.63. The number of piperidine rings is 1. The lowest BCUT2D eigenvalue weighted by Crippen LogP contribution is -2.48. The molecule has 0 N–H and O–H groups in total. The summed E-state index contributed by atoms with van der Waals surface area (Å²) < 4.78 is 10.6. The fraction of sp³-hybridized carbons (Fsp3) is 0.529. The second-order valence-corrected chi connectivity index (χ2v) is 5.88. The molecule has 2 fully saturated rings. The number of hydrogen-bond acceptors (Lipinski definition) is 4. The number of morpholine rings is 1. The Labute approximate surface area is 136 Å². The van der Waals surface area contributed by atoms with Crippen molar-refractivity contribution >= 4 is 12.0 Å². The number of hydrogen-bond donors (Lipinski definition) is 0. The van der Waals surface area contributed by atoms with Gasteiger partial charge in [0.1, 0.15) is 5.75 Å². The van der Waals surface area contributed by atoms with E-state index in [1.807, 2.05) is 23.1 Å². The molecular formula is C17H22N2O4. The standard InChI is InChI=1S/C17H22N2O4/c20-16(18-10-12-22-13-11-18)14-6-8-19(9-7-14)17(21)23-15-4-2-1-3-5-15/h1-5,14H,6-13H2. The predicted molar refractivity (Wildman–Crippen MR) is 84.2 cm³/mol. The van der Waals surface area contributed by atoms with Crippen molar-refractivity contribution < 1.29 is 19.1 Å². The first kappa shape index (κ1) is 15.8. The zero-order valence-corrected chi connectivity index (χ0v) is 13.1. The summed E-state index contributed by atoms with van der Waals surface area (Å²) in [5, 5.41) is 0. The Morgan fingerprint density at radius 2 is 1.61 bits per heavy atom. The van der Waals surface area contributed by atoms with Crippen LogP contribution in [0.25, 0.3) is 0 Å². The van der Waals surface area contributed by atoms with E-state index in [0.717, 1.165) is 0 Å². The first-order chi connectivity index (χ1) is 11.2. The van der Waals surface area contributed by atoms with Crippen LogP contribution in [0.1, 0.15) is 12.8 Å². The van der Waals surface area contributed by atoms with Gasteiger partial charge in [0.2, 0.25) is 5.91 Å². The fourth-order valence-electron chi connectivity index (χ4n) is 3.00. The van der Waals surface area contributed by atoms with Crippen molar-refractivity contribution in [2.45, 2.75) is 12.8 Å². The monoisotopic (exact) mass is 318 g/mol. The van der Waals surface area contributed by atoms with Crippen molar-refractivity contribution in [2.24, 2.45) is 5.92 Å². The Hall–Kier alpha value is -2.08. The number of likely N-dealkylation sites (tertiary alicyclic amines) is 1. The average molecular weight is 318 g/mol. The summed E-state index contributed by atoms with van der Waals surface area (Å²) in [6, 6.07) is 9.05. The Morgan fingerprint density at radius 3 is 2.26 bits per heavy atom. The van der Waals surface area contributed by atoms with Crippen LogP contribution in [-0.2, 0) is 9.53 Å². The minimum atomic E-state index is -0.339. The van der Waals surface area contributed by atoms with Crippen LogP contribution in [0.3, 0.4) is 0 Å². The number of amides is 2. The molecule has 0 aliphatic carbocycles. The third-order valence-corrected chi connectivity index (χ3v) is 4.37. The molecule has 1 aromatic rings. The second-order valence-electron chi connectivity index (χ2n) is 5.88. The molecule has 6 heteroatoms. The van der Waals surface area contributed by atoms with Gasteiger partial charge in [0.15, 0.2) is 0 Å². The highest BCUT2D eigenvalue weighted by molar-refractivity contribution is 5.79. The first-order valence-corrected chi connectivity index (χ1v) is 8.12. The van der Waals surface area contributed by atoms with E-state index in [9.17, 15) is 9.59 Å². The molecule has 2 heterocycles. The highest BCUT2D eigenvalue weighted by atomic mass is 16.6. The third kappa shape index (κ3) is 4.01. The van der Waals surface area contributed by atoms with E-state index < -0.39 is 0 Å². The van der Waals surface area contributed by atoms with Gasteiger partial charge in [-0.1, -0.05) is 18.2 Å². The van der Waals surface area contributed by atoms with Gasteiger partial charge in [-0.3, -0.25) is 4.79 Å². The predicted octanol–water partition coefficient (Wildman–Crippen LogP) is 1.76. The summed E-state index contributed by atoms with van der Waals surface area (Å²) in [7, 11) is 0. The number of carbonyl (C=O) groups excluding carboxylic acids is 2. The van der Waals surface area contributed by atoms with Crippen molar-refractivity contribution in [3.05, 3.63) is 30.3 Å². The Balaban J connectivity index is 1.48. The van der Waals surface area contributed by atoms with Gasteiger partial charge >= 0.3 is 6.09 Å². The largest absolute Gasteiger partial charge is 0.415 e. The number of benzene rings is 1. The van der Waals surface area contributed by atoms with Crippen LogP contribution >= 0.6 is 0 Å². The highest BCUT2D eigenvalue weighted by Gasteiger charge is 2.31. The quantitative estimate of drug-likeness (QED) is 0.834. The third-order valence-electron chi connectivity index (χ3n) is 4.37. The van der Waals surface area contributed by atoms with Gasteiger partial charge in [0.25, 0.3) is 0 Å². The summed E-state index contributed by atoms with van der Waals surface area (Å²) in [5.74, 6) is 0.752. The molecule has 2 aliphatic heterocycles. The van der Waals surface area contributed by atoms with E-state index in [1.54, 1.807) is 17.0 Å². The summed E-state index contributed by atoms with van der Waals surface area (Å²) in [4.78, 5) is 28.2. The number of para-hydroxylation sites is 1. The Kier molecular flexibility index (Phi) is 5.12. The van der Waals surface area contributed by atoms with Crippen LogP contribution in [0.4, 0.5) is 4.79 Å². The molecule has 0 atom stereocenters. The molecule has 0 bridgehead atoms. The molecule has 6 nitrogen and oxygen atoms in total. The van der Waals surface area contributed by atoms with E-state index in [2.05, 4.69) is 0 Å². The topological polar surface area (TPSA) is 59.1 Å². The lowest BCUT2D eigenvalue weighted by Gasteiger charge is -2.35. The summed E-state index contributed by atoms with van der Waals surface area (Å²) in [5.41, 5.74) is 0. The van der Waals surface area contributed by atoms with E-state index in [4.69, 9.17) is 9.47 Å². The summed E-state index contributed by atoms with van der Waals surface area (Å²) >= 11 is 0. The van der Waals surface area contributed by atoms with Crippen molar-refractivity contribution in [1.29, 1.82) is 0 Å². The second kappa shape index (κ2) is 7.46. The Morgan fingerprint density at radius 1 is 0.957 bits per heavy atom.